The molecule has 1 saturated heterocycles. The summed E-state index contributed by atoms with van der Waals surface area (Å²) in [5.41, 5.74) is 3.24. The summed E-state index contributed by atoms with van der Waals surface area (Å²) >= 11 is 0. The Hall–Kier alpha value is -3.85. The smallest absolute Gasteiger partial charge is 0.295 e. The third-order valence-corrected chi connectivity index (χ3v) is 6.68. The molecule has 1 aliphatic heterocycles. The van der Waals surface area contributed by atoms with Crippen LogP contribution in [0.4, 0.5) is 0 Å². The lowest BCUT2D eigenvalue weighted by Crippen LogP contribution is -2.35. The Morgan fingerprint density at radius 3 is 2.53 bits per heavy atom. The number of pyridine rings is 1. The van der Waals surface area contributed by atoms with Gasteiger partial charge in [-0.15, -0.1) is 0 Å². The van der Waals surface area contributed by atoms with Crippen molar-refractivity contribution in [3.8, 4) is 11.5 Å². The Bertz CT molecular complexity index is 1390. The minimum absolute atomic E-state index is 0.0163. The summed E-state index contributed by atoms with van der Waals surface area (Å²) in [6.45, 7) is 9.48. The maximum atomic E-state index is 13.5. The van der Waals surface area contributed by atoms with Crippen LogP contribution in [-0.2, 0) is 9.59 Å². The van der Waals surface area contributed by atoms with Gasteiger partial charge < -0.3 is 28.8 Å². The number of ether oxygens (including phenoxy) is 2. The van der Waals surface area contributed by atoms with E-state index in [1.54, 1.807) is 12.1 Å². The van der Waals surface area contributed by atoms with E-state index < -0.39 is 17.7 Å². The first-order chi connectivity index (χ1) is 18.2. The molecule has 3 aromatic rings. The van der Waals surface area contributed by atoms with Gasteiger partial charge in [-0.1, -0.05) is 19.1 Å². The van der Waals surface area contributed by atoms with Crippen molar-refractivity contribution in [1.82, 2.24) is 19.2 Å². The molecule has 0 spiro atoms. The van der Waals surface area contributed by atoms with E-state index in [1.807, 2.05) is 75.5 Å². The summed E-state index contributed by atoms with van der Waals surface area (Å²) in [4.78, 5) is 34.9. The molecule has 1 fully saturated rings. The number of fused-ring (bicyclic) bond motifs is 1. The van der Waals surface area contributed by atoms with Gasteiger partial charge in [0.25, 0.3) is 11.7 Å². The number of ketones is 1. The number of likely N-dealkylation sites (tertiary alicyclic amines) is 1. The molecule has 1 aromatic carbocycles. The van der Waals surface area contributed by atoms with Gasteiger partial charge in [0.2, 0.25) is 0 Å². The van der Waals surface area contributed by atoms with Crippen molar-refractivity contribution >= 4 is 23.1 Å². The molecule has 2 aromatic heterocycles. The molecule has 1 atom stereocenters. The van der Waals surface area contributed by atoms with Gasteiger partial charge >= 0.3 is 0 Å². The molecular weight excluding hydrogens is 484 g/mol. The van der Waals surface area contributed by atoms with Gasteiger partial charge in [-0.25, -0.2) is 4.98 Å². The number of Topliss-reactive ketones (excluding diaryl/α,β-unsaturated/α-hetero) is 1. The van der Waals surface area contributed by atoms with Crippen LogP contribution in [0.5, 0.6) is 11.5 Å². The minimum atomic E-state index is -0.806. The number of aliphatic hydroxyl groups is 1. The van der Waals surface area contributed by atoms with Crippen LogP contribution in [0.25, 0.3) is 11.4 Å². The normalized spacial score (nSPS) is 17.1. The van der Waals surface area contributed by atoms with Gasteiger partial charge in [0.1, 0.15) is 11.3 Å². The van der Waals surface area contributed by atoms with E-state index >= 15 is 0 Å². The average molecular weight is 521 g/mol. The van der Waals surface area contributed by atoms with E-state index in [2.05, 4.69) is 4.98 Å². The highest BCUT2D eigenvalue weighted by Crippen LogP contribution is 2.42. The molecule has 1 N–H and O–H groups in total. The fraction of sp³-hybridized carbons (Fsp3) is 0.414. The van der Waals surface area contributed by atoms with Crippen molar-refractivity contribution < 1.29 is 24.2 Å². The molecule has 0 radical (unpaired) electrons. The predicted octanol–water partition coefficient (Wildman–Crippen LogP) is 4.12. The summed E-state index contributed by atoms with van der Waals surface area (Å²) < 4.78 is 13.6. The number of aryl methyl sites for hydroxylation is 2. The second-order valence-corrected chi connectivity index (χ2v) is 9.71. The highest BCUT2D eigenvalue weighted by molar-refractivity contribution is 6.46. The molecule has 38 heavy (non-hydrogen) atoms. The number of imidazole rings is 1. The van der Waals surface area contributed by atoms with E-state index in [0.717, 1.165) is 12.0 Å². The fourth-order valence-corrected chi connectivity index (χ4v) is 4.73. The molecule has 1 amide bonds. The number of likely N-dealkylation sites (N-methyl/N-ethyl adjacent to an activating group) is 1. The molecule has 1 unspecified atom stereocenters. The minimum Gasteiger partial charge on any atom is -0.505 e. The number of aromatic nitrogens is 2. The van der Waals surface area contributed by atoms with Crippen molar-refractivity contribution in [2.45, 2.75) is 40.2 Å². The molecular formula is C29H36N4O5. The van der Waals surface area contributed by atoms with Crippen molar-refractivity contribution in [3.05, 3.63) is 64.6 Å². The van der Waals surface area contributed by atoms with Crippen molar-refractivity contribution in [3.63, 3.8) is 0 Å². The highest BCUT2D eigenvalue weighted by Gasteiger charge is 2.46. The van der Waals surface area contributed by atoms with Crippen LogP contribution in [0, 0.1) is 13.8 Å². The number of carbonyl (C=O) groups excluding carboxylic acids is 2. The Kier molecular flexibility index (Phi) is 8.06. The van der Waals surface area contributed by atoms with Crippen molar-refractivity contribution in [1.29, 1.82) is 0 Å². The maximum Gasteiger partial charge on any atom is 0.295 e. The third-order valence-electron chi connectivity index (χ3n) is 6.68. The Morgan fingerprint density at radius 1 is 1.11 bits per heavy atom. The maximum absolute atomic E-state index is 13.5. The summed E-state index contributed by atoms with van der Waals surface area (Å²) in [5.74, 6) is -0.555. The fourth-order valence-electron chi connectivity index (χ4n) is 4.73. The SMILES string of the molecule is CCCOc1ccc(C2C(=C(O)c3nc4c(C)cccn4c3C)C(=O)C(=O)N2CCN(C)C)cc1OCC. The number of nitrogens with zero attached hydrogens (tertiary/aromatic N) is 4. The summed E-state index contributed by atoms with van der Waals surface area (Å²) in [6.07, 6.45) is 2.70. The molecule has 9 nitrogen and oxygen atoms in total. The number of carbonyl (C=O) groups is 2. The quantitative estimate of drug-likeness (QED) is 0.244. The average Bonchev–Trinajstić information content (AvgIpc) is 3.36. The van der Waals surface area contributed by atoms with Gasteiger partial charge in [-0.05, 0) is 70.6 Å². The molecule has 4 rings (SSSR count). The monoisotopic (exact) mass is 520 g/mol. The number of hydrogen-bond donors (Lipinski definition) is 1. The molecule has 3 heterocycles. The first-order valence-corrected chi connectivity index (χ1v) is 13.0. The predicted molar refractivity (Wildman–Crippen MR) is 146 cm³/mol. The van der Waals surface area contributed by atoms with Gasteiger partial charge in [0.05, 0.1) is 30.5 Å². The summed E-state index contributed by atoms with van der Waals surface area (Å²) in [5, 5.41) is 11.6. The largest absolute Gasteiger partial charge is 0.505 e. The second kappa shape index (κ2) is 11.3. The summed E-state index contributed by atoms with van der Waals surface area (Å²) in [6, 6.07) is 8.44. The van der Waals surface area contributed by atoms with Crippen LogP contribution < -0.4 is 9.47 Å². The van der Waals surface area contributed by atoms with E-state index in [-0.39, 0.29) is 17.0 Å². The number of hydrogen-bond acceptors (Lipinski definition) is 7. The lowest BCUT2D eigenvalue weighted by atomic mass is 9.96. The van der Waals surface area contributed by atoms with Crippen LogP contribution in [0.15, 0.2) is 42.1 Å². The highest BCUT2D eigenvalue weighted by atomic mass is 16.5. The van der Waals surface area contributed by atoms with Gasteiger partial charge in [-0.3, -0.25) is 9.59 Å². The van der Waals surface area contributed by atoms with Crippen LogP contribution in [0.3, 0.4) is 0 Å². The molecule has 0 bridgehead atoms. The van der Waals surface area contributed by atoms with Gasteiger partial charge in [0.15, 0.2) is 17.3 Å². The van der Waals surface area contributed by atoms with Gasteiger partial charge in [-0.2, -0.15) is 0 Å². The van der Waals surface area contributed by atoms with E-state index in [1.165, 1.54) is 4.90 Å². The number of benzene rings is 1. The number of aliphatic hydroxyl groups excluding tert-OH is 1. The molecule has 9 heteroatoms. The third kappa shape index (κ3) is 4.98. The first-order valence-electron chi connectivity index (χ1n) is 13.0. The first kappa shape index (κ1) is 27.2. The number of amides is 1. The number of rotatable bonds is 10. The zero-order chi connectivity index (χ0) is 27.6. The lowest BCUT2D eigenvalue weighted by molar-refractivity contribution is -0.140. The Labute approximate surface area is 223 Å². The Morgan fingerprint density at radius 2 is 1.87 bits per heavy atom. The molecule has 0 aliphatic carbocycles. The Balaban J connectivity index is 1.90. The molecule has 0 saturated carbocycles. The van der Waals surface area contributed by atoms with Crippen LogP contribution in [0.1, 0.15) is 48.8 Å². The zero-order valence-corrected chi connectivity index (χ0v) is 22.9. The van der Waals surface area contributed by atoms with Crippen LogP contribution in [0.2, 0.25) is 0 Å². The van der Waals surface area contributed by atoms with Crippen molar-refractivity contribution in [2.75, 3.05) is 40.4 Å². The second-order valence-electron chi connectivity index (χ2n) is 9.71. The van der Waals surface area contributed by atoms with Gasteiger partial charge in [0, 0.05) is 19.3 Å². The topological polar surface area (TPSA) is 96.6 Å². The van der Waals surface area contributed by atoms with Crippen LogP contribution in [-0.4, -0.2) is 76.4 Å². The lowest BCUT2D eigenvalue weighted by Gasteiger charge is -2.27. The van der Waals surface area contributed by atoms with E-state index in [9.17, 15) is 14.7 Å². The van der Waals surface area contributed by atoms with Crippen LogP contribution >= 0.6 is 0 Å². The molecule has 1 aliphatic rings. The van der Waals surface area contributed by atoms with E-state index in [4.69, 9.17) is 9.47 Å². The van der Waals surface area contributed by atoms with E-state index in [0.29, 0.717) is 54.7 Å². The summed E-state index contributed by atoms with van der Waals surface area (Å²) in [7, 11) is 3.81. The van der Waals surface area contributed by atoms with Crippen molar-refractivity contribution in [2.24, 2.45) is 0 Å². The molecule has 202 valence electrons. The zero-order valence-electron chi connectivity index (χ0n) is 22.9. The standard InChI is InChI=1S/C29H36N4O5/c1-7-16-38-21-12-11-20(17-22(21)37-8-2)25-23(27(35)29(36)33(25)15-14-31(5)6)26(34)24-19(4)32-13-9-10-18(3)28(32)30-24/h9-13,17,25,34H,7-8,14-16H2,1-6H3.